The van der Waals surface area contributed by atoms with E-state index >= 15 is 0 Å². The molecule has 7 heteroatoms. The third-order valence-electron chi connectivity index (χ3n) is 4.34. The van der Waals surface area contributed by atoms with E-state index < -0.39 is 0 Å². The van der Waals surface area contributed by atoms with E-state index in [0.29, 0.717) is 16.3 Å². The summed E-state index contributed by atoms with van der Waals surface area (Å²) in [4.78, 5) is 31.9. The Morgan fingerprint density at radius 3 is 2.45 bits per heavy atom. The molecule has 0 aliphatic rings. The largest absolute Gasteiger partial charge is 0.345 e. The number of carbonyl (C=O) groups excluding carboxylic acids is 2. The maximum atomic E-state index is 12.7. The smallest absolute Gasteiger partial charge is 0.254 e. The molecule has 0 fully saturated rings. The summed E-state index contributed by atoms with van der Waals surface area (Å²) in [7, 11) is 3.31. The summed E-state index contributed by atoms with van der Waals surface area (Å²) >= 11 is 7.65. The summed E-state index contributed by atoms with van der Waals surface area (Å²) in [6.07, 6.45) is 0.203. The van der Waals surface area contributed by atoms with Crippen LogP contribution in [0.1, 0.15) is 25.8 Å². The summed E-state index contributed by atoms with van der Waals surface area (Å²) in [5.74, 6) is -0.390. The van der Waals surface area contributed by atoms with Gasteiger partial charge in [0.05, 0.1) is 27.7 Å². The van der Waals surface area contributed by atoms with Crippen LogP contribution >= 0.6 is 22.9 Å². The van der Waals surface area contributed by atoms with Crippen molar-refractivity contribution in [2.75, 3.05) is 19.4 Å². The molecule has 5 nitrogen and oxygen atoms in total. The zero-order chi connectivity index (χ0) is 21.1. The Morgan fingerprint density at radius 2 is 1.79 bits per heavy atom. The number of nitrogens with one attached hydrogen (secondary N) is 1. The van der Waals surface area contributed by atoms with Gasteiger partial charge in [0.1, 0.15) is 0 Å². The number of carbonyl (C=O) groups is 2. The molecule has 1 heterocycles. The lowest BCUT2D eigenvalue weighted by molar-refractivity contribution is -0.115. The lowest BCUT2D eigenvalue weighted by atomic mass is 10.1. The lowest BCUT2D eigenvalue weighted by Gasteiger charge is -2.13. The zero-order valence-corrected chi connectivity index (χ0v) is 18.3. The van der Waals surface area contributed by atoms with Gasteiger partial charge >= 0.3 is 0 Å². The summed E-state index contributed by atoms with van der Waals surface area (Å²) in [6, 6.07) is 13.0. The number of nitrogens with zero attached hydrogens (tertiary/aromatic N) is 2. The topological polar surface area (TPSA) is 62.3 Å². The molecule has 29 heavy (non-hydrogen) atoms. The average Bonchev–Trinajstić information content (AvgIpc) is 3.03. The molecule has 0 radical (unpaired) electrons. The van der Waals surface area contributed by atoms with Gasteiger partial charge in [-0.25, -0.2) is 4.98 Å². The Labute approximate surface area is 179 Å². The van der Waals surface area contributed by atoms with Crippen molar-refractivity contribution in [2.24, 2.45) is 0 Å². The van der Waals surface area contributed by atoms with E-state index in [2.05, 4.69) is 10.3 Å². The van der Waals surface area contributed by atoms with Crippen LogP contribution in [-0.4, -0.2) is 35.8 Å². The fraction of sp³-hybridized carbons (Fsp3) is 0.227. The predicted octanol–water partition coefficient (Wildman–Crippen LogP) is 4.96. The first-order valence-electron chi connectivity index (χ1n) is 9.09. The number of hydrogen-bond donors (Lipinski definition) is 1. The van der Waals surface area contributed by atoms with Crippen LogP contribution in [0.4, 0.5) is 5.69 Å². The van der Waals surface area contributed by atoms with Crippen molar-refractivity contribution in [3.63, 3.8) is 0 Å². The van der Waals surface area contributed by atoms with Crippen molar-refractivity contribution in [1.82, 2.24) is 9.88 Å². The van der Waals surface area contributed by atoms with Crippen LogP contribution in [0.5, 0.6) is 0 Å². The molecule has 3 aromatic rings. The molecule has 0 atom stereocenters. The predicted molar refractivity (Wildman–Crippen MR) is 119 cm³/mol. The molecule has 0 aliphatic carbocycles. The standard InChI is InChI=1S/C22H22ClN3O2S/c1-13-5-7-15(8-6-13)21-19(29-14(2)24-21)12-20(27)25-16-9-10-18(23)17(11-16)22(28)26(3)4/h5-11H,12H2,1-4H3,(H,25,27). The van der Waals surface area contributed by atoms with Gasteiger partial charge in [0.15, 0.2) is 0 Å². The van der Waals surface area contributed by atoms with Crippen LogP contribution in [0.3, 0.4) is 0 Å². The first-order valence-corrected chi connectivity index (χ1v) is 10.3. The highest BCUT2D eigenvalue weighted by Gasteiger charge is 2.17. The summed E-state index contributed by atoms with van der Waals surface area (Å²) in [6.45, 7) is 3.97. The molecule has 1 N–H and O–H groups in total. The third kappa shape index (κ3) is 5.02. The molecule has 2 amide bonds. The third-order valence-corrected chi connectivity index (χ3v) is 5.64. The van der Waals surface area contributed by atoms with Crippen molar-refractivity contribution in [1.29, 1.82) is 0 Å². The molecule has 150 valence electrons. The van der Waals surface area contributed by atoms with Crippen LogP contribution in [0.15, 0.2) is 42.5 Å². The monoisotopic (exact) mass is 427 g/mol. The van der Waals surface area contributed by atoms with Crippen LogP contribution in [0.25, 0.3) is 11.3 Å². The minimum atomic E-state index is -0.217. The fourth-order valence-corrected chi connectivity index (χ4v) is 4.04. The van der Waals surface area contributed by atoms with Crippen LogP contribution in [0.2, 0.25) is 5.02 Å². The van der Waals surface area contributed by atoms with Crippen molar-refractivity contribution in [3.05, 3.63) is 68.5 Å². The highest BCUT2D eigenvalue weighted by molar-refractivity contribution is 7.12. The van der Waals surface area contributed by atoms with Gasteiger partial charge in [0.2, 0.25) is 5.91 Å². The van der Waals surface area contributed by atoms with Gasteiger partial charge in [-0.1, -0.05) is 41.4 Å². The zero-order valence-electron chi connectivity index (χ0n) is 16.7. The van der Waals surface area contributed by atoms with Crippen LogP contribution < -0.4 is 5.32 Å². The van der Waals surface area contributed by atoms with Gasteiger partial charge in [0.25, 0.3) is 5.91 Å². The summed E-state index contributed by atoms with van der Waals surface area (Å²) < 4.78 is 0. The number of benzene rings is 2. The number of thiazole rings is 1. The van der Waals surface area contributed by atoms with Crippen molar-refractivity contribution >= 4 is 40.4 Å². The number of aromatic nitrogens is 1. The second-order valence-corrected chi connectivity index (χ2v) is 8.68. The van der Waals surface area contributed by atoms with Gasteiger partial charge in [-0.15, -0.1) is 11.3 Å². The van der Waals surface area contributed by atoms with E-state index in [9.17, 15) is 9.59 Å². The quantitative estimate of drug-likeness (QED) is 0.625. The van der Waals surface area contributed by atoms with Gasteiger partial charge in [-0.3, -0.25) is 9.59 Å². The number of rotatable bonds is 5. The Bertz CT molecular complexity index is 1060. The molecule has 1 aromatic heterocycles. The number of hydrogen-bond acceptors (Lipinski definition) is 4. The Balaban J connectivity index is 1.79. The van der Waals surface area contributed by atoms with E-state index in [-0.39, 0.29) is 18.2 Å². The Hall–Kier alpha value is -2.70. The van der Waals surface area contributed by atoms with Crippen molar-refractivity contribution in [2.45, 2.75) is 20.3 Å². The van der Waals surface area contributed by atoms with E-state index in [1.807, 2.05) is 38.1 Å². The van der Waals surface area contributed by atoms with Crippen LogP contribution in [0, 0.1) is 13.8 Å². The van der Waals surface area contributed by atoms with Crippen molar-refractivity contribution < 1.29 is 9.59 Å². The highest BCUT2D eigenvalue weighted by Crippen LogP contribution is 2.29. The molecule has 0 unspecified atom stereocenters. The second kappa shape index (κ2) is 8.76. The molecule has 3 rings (SSSR count). The Kier molecular flexibility index (Phi) is 6.35. The number of aryl methyl sites for hydroxylation is 2. The molecule has 2 aromatic carbocycles. The minimum Gasteiger partial charge on any atom is -0.345 e. The summed E-state index contributed by atoms with van der Waals surface area (Å²) in [5.41, 5.74) is 3.88. The average molecular weight is 428 g/mol. The normalized spacial score (nSPS) is 10.7. The maximum absolute atomic E-state index is 12.7. The summed E-state index contributed by atoms with van der Waals surface area (Å²) in [5, 5.41) is 4.12. The first-order chi connectivity index (χ1) is 13.7. The van der Waals surface area contributed by atoms with Crippen LogP contribution in [-0.2, 0) is 11.2 Å². The van der Waals surface area contributed by atoms with E-state index in [1.54, 1.807) is 32.3 Å². The van der Waals surface area contributed by atoms with Gasteiger partial charge in [-0.05, 0) is 32.0 Å². The molecular formula is C22H22ClN3O2S. The van der Waals surface area contributed by atoms with Gasteiger partial charge in [0, 0.05) is 30.2 Å². The van der Waals surface area contributed by atoms with Crippen molar-refractivity contribution in [3.8, 4) is 11.3 Å². The van der Waals surface area contributed by atoms with E-state index in [1.165, 1.54) is 21.8 Å². The molecule has 0 spiro atoms. The minimum absolute atomic E-state index is 0.174. The van der Waals surface area contributed by atoms with Gasteiger partial charge in [-0.2, -0.15) is 0 Å². The molecular weight excluding hydrogens is 406 g/mol. The molecule has 0 saturated heterocycles. The lowest BCUT2D eigenvalue weighted by Crippen LogP contribution is -2.22. The van der Waals surface area contributed by atoms with E-state index in [0.717, 1.165) is 21.1 Å². The van der Waals surface area contributed by atoms with Gasteiger partial charge < -0.3 is 10.2 Å². The fourth-order valence-electron chi connectivity index (χ4n) is 2.88. The molecule has 0 saturated carbocycles. The van der Waals surface area contributed by atoms with E-state index in [4.69, 9.17) is 11.6 Å². The number of amides is 2. The molecule has 0 bridgehead atoms. The number of anilines is 1. The number of halogens is 1. The molecule has 0 aliphatic heterocycles. The maximum Gasteiger partial charge on any atom is 0.254 e. The highest BCUT2D eigenvalue weighted by atomic mass is 35.5. The Morgan fingerprint density at radius 1 is 1.10 bits per heavy atom. The second-order valence-electron chi connectivity index (χ2n) is 6.99. The SMILES string of the molecule is Cc1ccc(-c2nc(C)sc2CC(=O)Nc2ccc(Cl)c(C(=O)N(C)C)c2)cc1. The first kappa shape index (κ1) is 21.0.